The molecule has 4 nitrogen and oxygen atoms in total. The van der Waals surface area contributed by atoms with E-state index in [0.29, 0.717) is 4.90 Å². The van der Waals surface area contributed by atoms with Crippen LogP contribution in [0, 0.1) is 0 Å². The second kappa shape index (κ2) is 4.74. The monoisotopic (exact) mass is 226 g/mol. The summed E-state index contributed by atoms with van der Waals surface area (Å²) >= 11 is -1.87. The van der Waals surface area contributed by atoms with Gasteiger partial charge in [0.2, 0.25) is 0 Å². The molecule has 1 aliphatic heterocycles. The van der Waals surface area contributed by atoms with E-state index in [4.69, 9.17) is 4.55 Å². The average molecular weight is 226 g/mol. The van der Waals surface area contributed by atoms with Crippen LogP contribution >= 0.6 is 0 Å². The number of piperazine rings is 1. The maximum Gasteiger partial charge on any atom is 0.186 e. The summed E-state index contributed by atoms with van der Waals surface area (Å²) in [5, 5.41) is 3.28. The summed E-state index contributed by atoms with van der Waals surface area (Å²) in [6.07, 6.45) is 0. The molecule has 2 N–H and O–H groups in total. The molecule has 5 heteroatoms. The normalized spacial score (nSPS) is 18.9. The maximum atomic E-state index is 10.8. The number of nitrogens with zero attached hydrogens (tertiary/aromatic N) is 1. The third-order valence-electron chi connectivity index (χ3n) is 2.52. The Hall–Kier alpha value is -0.910. The Balaban J connectivity index is 2.11. The van der Waals surface area contributed by atoms with Crippen molar-refractivity contribution in [2.45, 2.75) is 4.90 Å². The van der Waals surface area contributed by atoms with Crippen molar-refractivity contribution in [1.29, 1.82) is 0 Å². The van der Waals surface area contributed by atoms with Crippen LogP contribution in [0.15, 0.2) is 29.2 Å². The van der Waals surface area contributed by atoms with E-state index in [1.165, 1.54) is 0 Å². The molecule has 0 amide bonds. The zero-order chi connectivity index (χ0) is 10.7. The van der Waals surface area contributed by atoms with Crippen LogP contribution in [0.2, 0.25) is 0 Å². The number of hydrogen-bond acceptors (Lipinski definition) is 3. The highest BCUT2D eigenvalue weighted by atomic mass is 32.2. The van der Waals surface area contributed by atoms with Gasteiger partial charge in [-0.3, -0.25) is 0 Å². The van der Waals surface area contributed by atoms with Crippen molar-refractivity contribution >= 4 is 16.8 Å². The third-order valence-corrected chi connectivity index (χ3v) is 3.20. The van der Waals surface area contributed by atoms with Crippen molar-refractivity contribution in [1.82, 2.24) is 5.32 Å². The van der Waals surface area contributed by atoms with E-state index < -0.39 is 11.1 Å². The molecule has 1 aromatic carbocycles. The van der Waals surface area contributed by atoms with Crippen LogP contribution < -0.4 is 10.2 Å². The fraction of sp³-hybridized carbons (Fsp3) is 0.400. The van der Waals surface area contributed by atoms with Crippen molar-refractivity contribution in [2.75, 3.05) is 31.1 Å². The van der Waals surface area contributed by atoms with Gasteiger partial charge in [-0.15, -0.1) is 0 Å². The molecule has 82 valence electrons. The molecule has 1 unspecified atom stereocenters. The Labute approximate surface area is 91.6 Å². The van der Waals surface area contributed by atoms with E-state index in [-0.39, 0.29) is 0 Å². The standard InChI is InChI=1S/C10H14N2O2S/c13-15(14)10-3-1-9(2-4-10)12-7-5-11-6-8-12/h1-4,11H,5-8H2,(H,13,14). The first-order chi connectivity index (χ1) is 7.27. The van der Waals surface area contributed by atoms with Gasteiger partial charge in [0.15, 0.2) is 11.1 Å². The van der Waals surface area contributed by atoms with E-state index in [9.17, 15) is 4.21 Å². The Morgan fingerprint density at radius 2 is 1.80 bits per heavy atom. The Kier molecular flexibility index (Phi) is 3.35. The fourth-order valence-corrected chi connectivity index (χ4v) is 2.07. The lowest BCUT2D eigenvalue weighted by atomic mass is 10.2. The van der Waals surface area contributed by atoms with Crippen LogP contribution in [0.3, 0.4) is 0 Å². The van der Waals surface area contributed by atoms with Gasteiger partial charge >= 0.3 is 0 Å². The minimum absolute atomic E-state index is 0.453. The molecular weight excluding hydrogens is 212 g/mol. The predicted molar refractivity (Wildman–Crippen MR) is 60.6 cm³/mol. The number of hydrogen-bond donors (Lipinski definition) is 2. The van der Waals surface area contributed by atoms with Gasteiger partial charge in [0, 0.05) is 31.9 Å². The first kappa shape index (κ1) is 10.6. The Morgan fingerprint density at radius 3 is 2.33 bits per heavy atom. The quantitative estimate of drug-likeness (QED) is 0.728. The topological polar surface area (TPSA) is 52.6 Å². The lowest BCUT2D eigenvalue weighted by molar-refractivity contribution is 0.564. The molecule has 0 bridgehead atoms. The van der Waals surface area contributed by atoms with Gasteiger partial charge in [-0.25, -0.2) is 4.21 Å². The lowest BCUT2D eigenvalue weighted by Crippen LogP contribution is -2.43. The molecular formula is C10H14N2O2S. The number of benzene rings is 1. The van der Waals surface area contributed by atoms with Crippen molar-refractivity contribution in [3.8, 4) is 0 Å². The third kappa shape index (κ3) is 2.56. The highest BCUT2D eigenvalue weighted by Crippen LogP contribution is 2.16. The SMILES string of the molecule is O=S(O)c1ccc(N2CCNCC2)cc1. The van der Waals surface area contributed by atoms with Crippen molar-refractivity contribution in [3.05, 3.63) is 24.3 Å². The average Bonchev–Trinajstić information content (AvgIpc) is 2.30. The summed E-state index contributed by atoms with van der Waals surface area (Å²) in [6.45, 7) is 3.96. The first-order valence-corrected chi connectivity index (χ1v) is 6.04. The van der Waals surface area contributed by atoms with E-state index >= 15 is 0 Å². The highest BCUT2D eigenvalue weighted by Gasteiger charge is 2.10. The molecule has 15 heavy (non-hydrogen) atoms. The van der Waals surface area contributed by atoms with Crippen LogP contribution in [0.1, 0.15) is 0 Å². The molecule has 1 fully saturated rings. The molecule has 2 rings (SSSR count). The molecule has 1 aromatic rings. The summed E-state index contributed by atoms with van der Waals surface area (Å²) in [7, 11) is 0. The van der Waals surface area contributed by atoms with Gasteiger partial charge in [0.1, 0.15) is 0 Å². The lowest BCUT2D eigenvalue weighted by Gasteiger charge is -2.29. The van der Waals surface area contributed by atoms with Crippen molar-refractivity contribution in [2.24, 2.45) is 0 Å². The summed E-state index contributed by atoms with van der Waals surface area (Å²) in [6, 6.07) is 7.20. The fourth-order valence-electron chi connectivity index (χ4n) is 1.70. The number of nitrogens with one attached hydrogen (secondary N) is 1. The summed E-state index contributed by atoms with van der Waals surface area (Å²) in [4.78, 5) is 2.72. The molecule has 1 saturated heterocycles. The van der Waals surface area contributed by atoms with Gasteiger partial charge < -0.3 is 14.8 Å². The van der Waals surface area contributed by atoms with Crippen LogP contribution in [-0.2, 0) is 11.1 Å². The molecule has 0 radical (unpaired) electrons. The van der Waals surface area contributed by atoms with E-state index in [0.717, 1.165) is 31.9 Å². The van der Waals surface area contributed by atoms with Gasteiger partial charge in [-0.1, -0.05) is 0 Å². The molecule has 1 heterocycles. The molecule has 1 aliphatic rings. The Morgan fingerprint density at radius 1 is 1.20 bits per heavy atom. The summed E-state index contributed by atoms with van der Waals surface area (Å²) < 4.78 is 19.6. The smallest absolute Gasteiger partial charge is 0.186 e. The van der Waals surface area contributed by atoms with Gasteiger partial charge in [0.05, 0.1) is 4.90 Å². The minimum Gasteiger partial charge on any atom is -0.369 e. The summed E-state index contributed by atoms with van der Waals surface area (Å²) in [5.41, 5.74) is 1.12. The highest BCUT2D eigenvalue weighted by molar-refractivity contribution is 7.79. The molecule has 0 saturated carbocycles. The zero-order valence-corrected chi connectivity index (χ0v) is 9.17. The van der Waals surface area contributed by atoms with Gasteiger partial charge in [0.25, 0.3) is 0 Å². The second-order valence-corrected chi connectivity index (χ2v) is 4.45. The second-order valence-electron chi connectivity index (χ2n) is 3.48. The molecule has 0 spiro atoms. The Bertz CT molecular complexity index is 347. The van der Waals surface area contributed by atoms with Gasteiger partial charge in [-0.05, 0) is 24.3 Å². The van der Waals surface area contributed by atoms with Crippen LogP contribution in [0.25, 0.3) is 0 Å². The number of rotatable bonds is 2. The van der Waals surface area contributed by atoms with Crippen LogP contribution in [0.5, 0.6) is 0 Å². The van der Waals surface area contributed by atoms with E-state index in [2.05, 4.69) is 10.2 Å². The summed E-state index contributed by atoms with van der Waals surface area (Å²) in [5.74, 6) is 0. The zero-order valence-electron chi connectivity index (χ0n) is 8.35. The predicted octanol–water partition coefficient (Wildman–Crippen LogP) is 0.677. The number of anilines is 1. The van der Waals surface area contributed by atoms with Crippen molar-refractivity contribution < 1.29 is 8.76 Å². The largest absolute Gasteiger partial charge is 0.369 e. The van der Waals surface area contributed by atoms with E-state index in [1.54, 1.807) is 12.1 Å². The van der Waals surface area contributed by atoms with E-state index in [1.807, 2.05) is 12.1 Å². The van der Waals surface area contributed by atoms with Crippen molar-refractivity contribution in [3.63, 3.8) is 0 Å². The minimum atomic E-state index is -1.87. The molecule has 0 aromatic heterocycles. The van der Waals surface area contributed by atoms with Gasteiger partial charge in [-0.2, -0.15) is 0 Å². The van der Waals surface area contributed by atoms with Crippen LogP contribution in [-0.4, -0.2) is 34.9 Å². The molecule has 1 atom stereocenters. The first-order valence-electron chi connectivity index (χ1n) is 4.94. The molecule has 0 aliphatic carbocycles. The van der Waals surface area contributed by atoms with Crippen LogP contribution in [0.4, 0.5) is 5.69 Å². The maximum absolute atomic E-state index is 10.8.